The van der Waals surface area contributed by atoms with Gasteiger partial charge in [0, 0.05) is 31.7 Å². The molecule has 2 atom stereocenters. The molecule has 0 aliphatic carbocycles. The topological polar surface area (TPSA) is 59.1 Å². The van der Waals surface area contributed by atoms with Crippen LogP contribution in [0.2, 0.25) is 0 Å². The average Bonchev–Trinajstić information content (AvgIpc) is 2.45. The van der Waals surface area contributed by atoms with Crippen LogP contribution in [-0.2, 0) is 11.2 Å². The lowest BCUT2D eigenvalue weighted by Crippen LogP contribution is -2.32. The van der Waals surface area contributed by atoms with Gasteiger partial charge in [-0.3, -0.25) is 0 Å². The second kappa shape index (κ2) is 8.17. The summed E-state index contributed by atoms with van der Waals surface area (Å²) in [5, 5.41) is 6.92. The maximum Gasteiger partial charge on any atom is 0.133 e. The lowest BCUT2D eigenvalue weighted by atomic mass is 10.0. The molecule has 0 spiro atoms. The van der Waals surface area contributed by atoms with Crippen LogP contribution in [0.3, 0.4) is 0 Å². The molecular formula is C16H28N4O. The summed E-state index contributed by atoms with van der Waals surface area (Å²) in [4.78, 5) is 9.23. The zero-order valence-electron chi connectivity index (χ0n) is 13.5. The summed E-state index contributed by atoms with van der Waals surface area (Å²) in [7, 11) is 0. The minimum absolute atomic E-state index is 0.325. The van der Waals surface area contributed by atoms with Gasteiger partial charge in [0.15, 0.2) is 0 Å². The molecule has 1 aromatic heterocycles. The minimum atomic E-state index is 0.325. The van der Waals surface area contributed by atoms with Crippen LogP contribution < -0.4 is 10.6 Å². The third kappa shape index (κ3) is 5.16. The van der Waals surface area contributed by atoms with Crippen molar-refractivity contribution in [1.29, 1.82) is 0 Å². The number of rotatable bonds is 7. The number of aryl methyl sites for hydroxylation is 1. The molecule has 1 fully saturated rings. The number of nitrogens with one attached hydrogen (secondary N) is 2. The lowest BCUT2D eigenvalue weighted by molar-refractivity contribution is 0.0232. The van der Waals surface area contributed by atoms with Crippen molar-refractivity contribution in [1.82, 2.24) is 9.97 Å². The Morgan fingerprint density at radius 1 is 1.24 bits per heavy atom. The van der Waals surface area contributed by atoms with Gasteiger partial charge >= 0.3 is 0 Å². The molecule has 2 heterocycles. The Kier molecular flexibility index (Phi) is 6.23. The van der Waals surface area contributed by atoms with Gasteiger partial charge < -0.3 is 15.4 Å². The second-order valence-electron chi connectivity index (χ2n) is 5.78. The van der Waals surface area contributed by atoms with E-state index in [9.17, 15) is 0 Å². The summed E-state index contributed by atoms with van der Waals surface area (Å²) in [6, 6.07) is 2.46. The summed E-state index contributed by atoms with van der Waals surface area (Å²) >= 11 is 0. The maximum absolute atomic E-state index is 5.60. The zero-order chi connectivity index (χ0) is 15.1. The number of hydrogen-bond donors (Lipinski definition) is 2. The van der Waals surface area contributed by atoms with E-state index in [1.54, 1.807) is 0 Å². The number of hydrogen-bond acceptors (Lipinski definition) is 5. The molecule has 5 nitrogen and oxygen atoms in total. The standard InChI is InChI=1S/C16H28N4O/c1-4-6-14-19-15(17-8-5-2)11-16(20-14)18-13-7-9-21-12(3)10-13/h11-13H,4-10H2,1-3H3,(H2,17,18,19,20). The summed E-state index contributed by atoms with van der Waals surface area (Å²) in [6.07, 6.45) is 5.46. The SMILES string of the molecule is CCCNc1cc(NC2CCOC(C)C2)nc(CCC)n1. The van der Waals surface area contributed by atoms with Crippen LogP contribution >= 0.6 is 0 Å². The van der Waals surface area contributed by atoms with Gasteiger partial charge in [0.2, 0.25) is 0 Å². The van der Waals surface area contributed by atoms with Gasteiger partial charge in [0.05, 0.1) is 6.10 Å². The van der Waals surface area contributed by atoms with Gasteiger partial charge in [-0.05, 0) is 32.6 Å². The maximum atomic E-state index is 5.60. The molecule has 1 aliphatic rings. The Labute approximate surface area is 127 Å². The molecule has 0 amide bonds. The van der Waals surface area contributed by atoms with Crippen LogP contribution in [0.15, 0.2) is 6.07 Å². The molecule has 0 aromatic carbocycles. The van der Waals surface area contributed by atoms with Crippen molar-refractivity contribution in [2.24, 2.45) is 0 Å². The Bertz CT molecular complexity index is 438. The zero-order valence-corrected chi connectivity index (χ0v) is 13.5. The van der Waals surface area contributed by atoms with Crippen molar-refractivity contribution in [3.8, 4) is 0 Å². The minimum Gasteiger partial charge on any atom is -0.378 e. The Hall–Kier alpha value is -1.36. The van der Waals surface area contributed by atoms with Crippen molar-refractivity contribution in [2.45, 2.75) is 65.0 Å². The van der Waals surface area contributed by atoms with Crippen molar-refractivity contribution in [3.05, 3.63) is 11.9 Å². The molecule has 0 radical (unpaired) electrons. The molecular weight excluding hydrogens is 264 g/mol. The molecule has 5 heteroatoms. The Balaban J connectivity index is 2.06. The molecule has 21 heavy (non-hydrogen) atoms. The molecule has 2 rings (SSSR count). The van der Waals surface area contributed by atoms with Crippen LogP contribution in [0, 0.1) is 0 Å². The first-order valence-electron chi connectivity index (χ1n) is 8.21. The van der Waals surface area contributed by atoms with E-state index in [0.29, 0.717) is 12.1 Å². The van der Waals surface area contributed by atoms with E-state index < -0.39 is 0 Å². The van der Waals surface area contributed by atoms with Gasteiger partial charge in [-0.1, -0.05) is 13.8 Å². The van der Waals surface area contributed by atoms with Crippen LogP contribution in [0.4, 0.5) is 11.6 Å². The highest BCUT2D eigenvalue weighted by Gasteiger charge is 2.19. The molecule has 2 unspecified atom stereocenters. The smallest absolute Gasteiger partial charge is 0.133 e. The molecule has 118 valence electrons. The van der Waals surface area contributed by atoms with E-state index in [1.165, 1.54) is 0 Å². The highest BCUT2D eigenvalue weighted by Crippen LogP contribution is 2.19. The lowest BCUT2D eigenvalue weighted by Gasteiger charge is -2.28. The highest BCUT2D eigenvalue weighted by molar-refractivity contribution is 5.48. The third-order valence-electron chi connectivity index (χ3n) is 3.64. The number of aromatic nitrogens is 2. The molecule has 2 N–H and O–H groups in total. The van der Waals surface area contributed by atoms with Gasteiger partial charge in [-0.15, -0.1) is 0 Å². The number of nitrogens with zero attached hydrogens (tertiary/aromatic N) is 2. The monoisotopic (exact) mass is 292 g/mol. The van der Waals surface area contributed by atoms with E-state index in [0.717, 1.165) is 62.7 Å². The fourth-order valence-electron chi connectivity index (χ4n) is 2.59. The second-order valence-corrected chi connectivity index (χ2v) is 5.78. The Morgan fingerprint density at radius 2 is 2.05 bits per heavy atom. The van der Waals surface area contributed by atoms with Gasteiger partial charge in [-0.2, -0.15) is 0 Å². The summed E-state index contributed by atoms with van der Waals surface area (Å²) in [5.41, 5.74) is 0. The van der Waals surface area contributed by atoms with Crippen molar-refractivity contribution >= 4 is 11.6 Å². The molecule has 0 saturated carbocycles. The normalized spacial score (nSPS) is 22.0. The van der Waals surface area contributed by atoms with E-state index in [-0.39, 0.29) is 0 Å². The largest absolute Gasteiger partial charge is 0.378 e. The van der Waals surface area contributed by atoms with Crippen LogP contribution in [-0.4, -0.2) is 35.3 Å². The van der Waals surface area contributed by atoms with Crippen LogP contribution in [0.5, 0.6) is 0 Å². The van der Waals surface area contributed by atoms with Crippen molar-refractivity contribution < 1.29 is 4.74 Å². The van der Waals surface area contributed by atoms with E-state index in [4.69, 9.17) is 4.74 Å². The molecule has 1 aliphatic heterocycles. The van der Waals surface area contributed by atoms with Crippen LogP contribution in [0.25, 0.3) is 0 Å². The summed E-state index contributed by atoms with van der Waals surface area (Å²) < 4.78 is 5.60. The third-order valence-corrected chi connectivity index (χ3v) is 3.64. The Morgan fingerprint density at radius 3 is 2.76 bits per heavy atom. The predicted molar refractivity (Wildman–Crippen MR) is 86.9 cm³/mol. The molecule has 0 bridgehead atoms. The first-order chi connectivity index (χ1) is 10.2. The van der Waals surface area contributed by atoms with Gasteiger partial charge in [0.25, 0.3) is 0 Å². The number of ether oxygens (including phenoxy) is 1. The average molecular weight is 292 g/mol. The molecule has 1 saturated heterocycles. The van der Waals surface area contributed by atoms with E-state index in [2.05, 4.69) is 41.4 Å². The van der Waals surface area contributed by atoms with Gasteiger partial charge in [-0.25, -0.2) is 9.97 Å². The number of anilines is 2. The fraction of sp³-hybridized carbons (Fsp3) is 0.750. The predicted octanol–water partition coefficient (Wildman–Crippen LogP) is 3.23. The summed E-state index contributed by atoms with van der Waals surface area (Å²) in [5.74, 6) is 2.78. The first kappa shape index (κ1) is 16.0. The summed E-state index contributed by atoms with van der Waals surface area (Å²) in [6.45, 7) is 8.21. The molecule has 1 aromatic rings. The van der Waals surface area contributed by atoms with Gasteiger partial charge in [0.1, 0.15) is 17.5 Å². The first-order valence-corrected chi connectivity index (χ1v) is 8.21. The van der Waals surface area contributed by atoms with Crippen LogP contribution in [0.1, 0.15) is 52.3 Å². The van der Waals surface area contributed by atoms with E-state index >= 15 is 0 Å². The fourth-order valence-corrected chi connectivity index (χ4v) is 2.59. The van der Waals surface area contributed by atoms with Crippen molar-refractivity contribution in [3.63, 3.8) is 0 Å². The van der Waals surface area contributed by atoms with E-state index in [1.807, 2.05) is 6.07 Å². The quantitative estimate of drug-likeness (QED) is 0.808. The highest BCUT2D eigenvalue weighted by atomic mass is 16.5. The van der Waals surface area contributed by atoms with Crippen molar-refractivity contribution in [2.75, 3.05) is 23.8 Å².